The maximum atomic E-state index is 10.9. The second-order valence-electron chi connectivity index (χ2n) is 4.28. The summed E-state index contributed by atoms with van der Waals surface area (Å²) in [5.41, 5.74) is -0.677. The lowest BCUT2D eigenvalue weighted by molar-refractivity contribution is -0.130. The van der Waals surface area contributed by atoms with E-state index in [1.807, 2.05) is 5.92 Å². The first kappa shape index (κ1) is 15.8. The standard InChI is InChI=1S/C16H10Br2O3/c17-13-5-1-11(2-6-13)16(21,10-9-15(19)20)12-3-7-14(18)8-4-12/h1-8,21H,(H,19,20). The van der Waals surface area contributed by atoms with Crippen molar-refractivity contribution in [3.63, 3.8) is 0 Å². The van der Waals surface area contributed by atoms with Crippen LogP contribution in [0, 0.1) is 11.8 Å². The van der Waals surface area contributed by atoms with E-state index in [-0.39, 0.29) is 0 Å². The van der Waals surface area contributed by atoms with Crippen LogP contribution in [0.3, 0.4) is 0 Å². The van der Waals surface area contributed by atoms with Crippen LogP contribution in [0.5, 0.6) is 0 Å². The number of aliphatic carboxylic acids is 1. The van der Waals surface area contributed by atoms with Crippen LogP contribution in [0.25, 0.3) is 0 Å². The van der Waals surface area contributed by atoms with Gasteiger partial charge in [0.15, 0.2) is 5.60 Å². The SMILES string of the molecule is O=C(O)C#CC(O)(c1ccc(Br)cc1)c1ccc(Br)cc1. The lowest BCUT2D eigenvalue weighted by Gasteiger charge is -2.23. The molecule has 21 heavy (non-hydrogen) atoms. The van der Waals surface area contributed by atoms with Gasteiger partial charge < -0.3 is 10.2 Å². The minimum atomic E-state index is -1.68. The van der Waals surface area contributed by atoms with Crippen LogP contribution in [0.4, 0.5) is 0 Å². The number of hydrogen-bond acceptors (Lipinski definition) is 2. The second kappa shape index (κ2) is 6.44. The van der Waals surface area contributed by atoms with Crippen molar-refractivity contribution in [3.8, 4) is 11.8 Å². The third-order valence-electron chi connectivity index (χ3n) is 2.87. The molecule has 106 valence electrons. The van der Waals surface area contributed by atoms with Gasteiger partial charge >= 0.3 is 5.97 Å². The maximum absolute atomic E-state index is 10.9. The summed E-state index contributed by atoms with van der Waals surface area (Å²) in [4.78, 5) is 10.7. The van der Waals surface area contributed by atoms with Crippen molar-refractivity contribution in [2.45, 2.75) is 5.60 Å². The fourth-order valence-corrected chi connectivity index (χ4v) is 2.37. The van der Waals surface area contributed by atoms with Crippen molar-refractivity contribution >= 4 is 37.8 Å². The first-order chi connectivity index (χ1) is 9.91. The molecule has 0 heterocycles. The molecular formula is C16H10Br2O3. The molecule has 2 aromatic carbocycles. The summed E-state index contributed by atoms with van der Waals surface area (Å²) in [6.07, 6.45) is 0. The van der Waals surface area contributed by atoms with Crippen molar-refractivity contribution < 1.29 is 15.0 Å². The summed E-state index contributed by atoms with van der Waals surface area (Å²) in [5, 5.41) is 19.7. The average molecular weight is 410 g/mol. The van der Waals surface area contributed by atoms with Crippen LogP contribution in [0.2, 0.25) is 0 Å². The highest BCUT2D eigenvalue weighted by Gasteiger charge is 2.29. The zero-order valence-corrected chi connectivity index (χ0v) is 13.8. The van der Waals surface area contributed by atoms with Crippen LogP contribution < -0.4 is 0 Å². The number of carbonyl (C=O) groups is 1. The van der Waals surface area contributed by atoms with Gasteiger partial charge in [-0.3, -0.25) is 0 Å². The fraction of sp³-hybridized carbons (Fsp3) is 0.0625. The molecule has 0 radical (unpaired) electrons. The number of rotatable bonds is 2. The van der Waals surface area contributed by atoms with Gasteiger partial charge in [0.1, 0.15) is 0 Å². The van der Waals surface area contributed by atoms with E-state index in [0.29, 0.717) is 11.1 Å². The third-order valence-corrected chi connectivity index (χ3v) is 3.93. The van der Waals surface area contributed by atoms with E-state index < -0.39 is 11.6 Å². The monoisotopic (exact) mass is 408 g/mol. The van der Waals surface area contributed by atoms with E-state index in [9.17, 15) is 9.90 Å². The maximum Gasteiger partial charge on any atom is 0.382 e. The zero-order chi connectivity index (χ0) is 15.5. The molecule has 0 fully saturated rings. The summed E-state index contributed by atoms with van der Waals surface area (Å²) in [7, 11) is 0. The van der Waals surface area contributed by atoms with Crippen LogP contribution >= 0.6 is 31.9 Å². The number of aliphatic hydroxyl groups is 1. The smallest absolute Gasteiger partial charge is 0.382 e. The third kappa shape index (κ3) is 3.73. The molecule has 0 saturated heterocycles. The van der Waals surface area contributed by atoms with Crippen LogP contribution in [-0.2, 0) is 10.4 Å². The van der Waals surface area contributed by atoms with Crippen LogP contribution in [0.15, 0.2) is 57.5 Å². The normalized spacial score (nSPS) is 10.6. The average Bonchev–Trinajstić information content (AvgIpc) is 2.46. The first-order valence-electron chi connectivity index (χ1n) is 5.92. The van der Waals surface area contributed by atoms with Gasteiger partial charge in [-0.2, -0.15) is 0 Å². The van der Waals surface area contributed by atoms with E-state index in [0.717, 1.165) is 8.95 Å². The highest BCUT2D eigenvalue weighted by Crippen LogP contribution is 2.30. The Morgan fingerprint density at radius 1 is 0.905 bits per heavy atom. The molecule has 0 aliphatic rings. The van der Waals surface area contributed by atoms with Gasteiger partial charge in [-0.05, 0) is 30.2 Å². The molecule has 2 N–H and O–H groups in total. The molecular weight excluding hydrogens is 400 g/mol. The van der Waals surface area contributed by atoms with E-state index >= 15 is 0 Å². The summed E-state index contributed by atoms with van der Waals surface area (Å²) in [6.45, 7) is 0. The Morgan fingerprint density at radius 3 is 1.62 bits per heavy atom. The number of carboxylic acid groups (broad SMARTS) is 1. The predicted molar refractivity (Wildman–Crippen MR) is 86.7 cm³/mol. The topological polar surface area (TPSA) is 57.5 Å². The zero-order valence-electron chi connectivity index (χ0n) is 10.7. The van der Waals surface area contributed by atoms with E-state index in [4.69, 9.17) is 5.11 Å². The highest BCUT2D eigenvalue weighted by molar-refractivity contribution is 9.10. The molecule has 0 amide bonds. The van der Waals surface area contributed by atoms with E-state index in [1.54, 1.807) is 48.5 Å². The molecule has 0 aromatic heterocycles. The first-order valence-corrected chi connectivity index (χ1v) is 7.51. The molecule has 0 saturated carbocycles. The summed E-state index contributed by atoms with van der Waals surface area (Å²) in [6, 6.07) is 13.9. The Morgan fingerprint density at radius 2 is 1.29 bits per heavy atom. The van der Waals surface area contributed by atoms with Crippen molar-refractivity contribution in [1.82, 2.24) is 0 Å². The highest BCUT2D eigenvalue weighted by atomic mass is 79.9. The lowest BCUT2D eigenvalue weighted by Crippen LogP contribution is -2.25. The Hall–Kier alpha value is -1.61. The lowest BCUT2D eigenvalue weighted by atomic mass is 9.87. The molecule has 0 unspecified atom stereocenters. The second-order valence-corrected chi connectivity index (χ2v) is 6.11. The molecule has 3 nitrogen and oxygen atoms in total. The Labute approximate surface area is 138 Å². The van der Waals surface area contributed by atoms with Gasteiger partial charge in [-0.25, -0.2) is 4.79 Å². The number of benzene rings is 2. The van der Waals surface area contributed by atoms with Crippen molar-refractivity contribution in [2.75, 3.05) is 0 Å². The largest absolute Gasteiger partial charge is 0.472 e. The molecule has 0 bridgehead atoms. The van der Waals surface area contributed by atoms with Gasteiger partial charge in [0.05, 0.1) is 0 Å². The van der Waals surface area contributed by atoms with Crippen LogP contribution in [0.1, 0.15) is 11.1 Å². The summed E-state index contributed by atoms with van der Waals surface area (Å²) >= 11 is 6.64. The van der Waals surface area contributed by atoms with Crippen molar-refractivity contribution in [3.05, 3.63) is 68.6 Å². The molecule has 5 heteroatoms. The molecule has 2 aromatic rings. The minimum absolute atomic E-state index is 0.502. The molecule has 0 aliphatic carbocycles. The van der Waals surface area contributed by atoms with E-state index in [2.05, 4.69) is 37.8 Å². The summed E-state index contributed by atoms with van der Waals surface area (Å²) < 4.78 is 1.71. The summed E-state index contributed by atoms with van der Waals surface area (Å²) in [5.74, 6) is 3.16. The van der Waals surface area contributed by atoms with Crippen LogP contribution in [-0.4, -0.2) is 16.2 Å². The van der Waals surface area contributed by atoms with Gasteiger partial charge in [-0.1, -0.05) is 56.1 Å². The Bertz CT molecular complexity index is 664. The van der Waals surface area contributed by atoms with Gasteiger partial charge in [0, 0.05) is 26.0 Å². The van der Waals surface area contributed by atoms with Gasteiger partial charge in [-0.15, -0.1) is 0 Å². The molecule has 0 spiro atoms. The van der Waals surface area contributed by atoms with Gasteiger partial charge in [0.25, 0.3) is 0 Å². The quantitative estimate of drug-likeness (QED) is 0.746. The van der Waals surface area contributed by atoms with Gasteiger partial charge in [0.2, 0.25) is 0 Å². The predicted octanol–water partition coefficient (Wildman–Crippen LogP) is 3.54. The Kier molecular flexibility index (Phi) is 4.84. The molecule has 0 atom stereocenters. The van der Waals surface area contributed by atoms with E-state index in [1.165, 1.54) is 0 Å². The van der Waals surface area contributed by atoms with Crippen molar-refractivity contribution in [1.29, 1.82) is 0 Å². The molecule has 2 rings (SSSR count). The number of hydrogen-bond donors (Lipinski definition) is 2. The number of halogens is 2. The minimum Gasteiger partial charge on any atom is -0.472 e. The fourth-order valence-electron chi connectivity index (χ4n) is 1.84. The molecule has 0 aliphatic heterocycles. The van der Waals surface area contributed by atoms with Crippen molar-refractivity contribution in [2.24, 2.45) is 0 Å². The Balaban J connectivity index is 2.59. The number of carboxylic acids is 1.